The van der Waals surface area contributed by atoms with Crippen LogP contribution in [0.3, 0.4) is 0 Å². The van der Waals surface area contributed by atoms with E-state index in [0.29, 0.717) is 10.7 Å². The Balaban J connectivity index is 1.47. The smallest absolute Gasteiger partial charge is 0.246 e. The minimum Gasteiger partial charge on any atom is -0.379 e. The first-order valence-electron chi connectivity index (χ1n) is 8.76. The first-order valence-corrected chi connectivity index (χ1v) is 9.13. The Morgan fingerprint density at radius 3 is 2.88 bits per heavy atom. The van der Waals surface area contributed by atoms with Gasteiger partial charge in [-0.1, -0.05) is 17.7 Å². The van der Waals surface area contributed by atoms with Crippen molar-refractivity contribution in [1.82, 2.24) is 14.7 Å². The number of hydrogen-bond donors (Lipinski definition) is 2. The van der Waals surface area contributed by atoms with Gasteiger partial charge in [0, 0.05) is 36.5 Å². The number of ether oxygens (including phenoxy) is 1. The lowest BCUT2D eigenvalue weighted by Crippen LogP contribution is -2.38. The summed E-state index contributed by atoms with van der Waals surface area (Å²) < 4.78 is 7.24. The van der Waals surface area contributed by atoms with E-state index in [0.717, 1.165) is 45.1 Å². The minimum absolute atomic E-state index is 0.131. The van der Waals surface area contributed by atoms with Crippen LogP contribution in [0.25, 0.3) is 0 Å². The molecule has 3 rings (SSSR count). The molecule has 0 spiro atoms. The third kappa shape index (κ3) is 5.45. The lowest BCUT2D eigenvalue weighted by Gasteiger charge is -2.26. The van der Waals surface area contributed by atoms with Crippen LogP contribution in [0.2, 0.25) is 5.02 Å². The minimum atomic E-state index is -0.397. The maximum Gasteiger partial charge on any atom is 0.246 e. The van der Waals surface area contributed by atoms with E-state index in [-0.39, 0.29) is 5.91 Å². The zero-order chi connectivity index (χ0) is 18.4. The fourth-order valence-corrected chi connectivity index (χ4v) is 2.95. The molecule has 2 N–H and O–H groups in total. The molecule has 1 aliphatic heterocycles. The Hall–Kier alpha value is -2.09. The van der Waals surface area contributed by atoms with Crippen molar-refractivity contribution in [2.75, 3.05) is 43.5 Å². The van der Waals surface area contributed by atoms with Gasteiger partial charge < -0.3 is 15.4 Å². The van der Waals surface area contributed by atoms with Crippen LogP contribution in [0.5, 0.6) is 0 Å². The van der Waals surface area contributed by atoms with Crippen molar-refractivity contribution < 1.29 is 9.53 Å². The largest absolute Gasteiger partial charge is 0.379 e. The van der Waals surface area contributed by atoms with E-state index in [2.05, 4.69) is 20.6 Å². The summed E-state index contributed by atoms with van der Waals surface area (Å²) in [6.07, 6.45) is 3.66. The van der Waals surface area contributed by atoms with Gasteiger partial charge in [-0.05, 0) is 25.1 Å². The van der Waals surface area contributed by atoms with Crippen LogP contribution in [-0.4, -0.2) is 59.5 Å². The number of carbonyl (C=O) groups excluding carboxylic acids is 1. The fraction of sp³-hybridized carbons (Fsp3) is 0.444. The topological polar surface area (TPSA) is 71.4 Å². The van der Waals surface area contributed by atoms with Crippen LogP contribution >= 0.6 is 11.6 Å². The highest BCUT2D eigenvalue weighted by atomic mass is 35.5. The Kier molecular flexibility index (Phi) is 6.49. The Morgan fingerprint density at radius 2 is 2.12 bits per heavy atom. The first-order chi connectivity index (χ1) is 12.6. The lowest BCUT2D eigenvalue weighted by molar-refractivity contribution is -0.116. The second-order valence-electron chi connectivity index (χ2n) is 6.31. The second-order valence-corrected chi connectivity index (χ2v) is 6.75. The van der Waals surface area contributed by atoms with Crippen molar-refractivity contribution in [1.29, 1.82) is 0 Å². The van der Waals surface area contributed by atoms with Crippen LogP contribution in [0.15, 0.2) is 36.7 Å². The molecule has 0 aliphatic carbocycles. The number of halogens is 1. The number of amides is 1. The van der Waals surface area contributed by atoms with Gasteiger partial charge >= 0.3 is 0 Å². The SMILES string of the molecule is CC(Nc1cnn(CCN2CCOCC2)c1)C(=O)Nc1cccc(Cl)c1. The van der Waals surface area contributed by atoms with E-state index in [4.69, 9.17) is 16.3 Å². The molecule has 1 aliphatic rings. The maximum atomic E-state index is 12.3. The Morgan fingerprint density at radius 1 is 1.31 bits per heavy atom. The molecule has 26 heavy (non-hydrogen) atoms. The summed E-state index contributed by atoms with van der Waals surface area (Å²) in [6.45, 7) is 7.08. The zero-order valence-electron chi connectivity index (χ0n) is 14.8. The number of aromatic nitrogens is 2. The summed E-state index contributed by atoms with van der Waals surface area (Å²) in [7, 11) is 0. The monoisotopic (exact) mass is 377 g/mol. The predicted octanol–water partition coefficient (Wildman–Crippen LogP) is 2.31. The molecule has 7 nitrogen and oxygen atoms in total. The first kappa shape index (κ1) is 18.7. The van der Waals surface area contributed by atoms with Gasteiger partial charge in [-0.2, -0.15) is 5.10 Å². The molecular weight excluding hydrogens is 354 g/mol. The van der Waals surface area contributed by atoms with Crippen LogP contribution in [0.1, 0.15) is 6.92 Å². The summed E-state index contributed by atoms with van der Waals surface area (Å²) in [5, 5.41) is 11.0. The number of rotatable bonds is 7. The van der Waals surface area contributed by atoms with Gasteiger partial charge in [-0.3, -0.25) is 14.4 Å². The van der Waals surface area contributed by atoms with Crippen LogP contribution < -0.4 is 10.6 Å². The van der Waals surface area contributed by atoms with Crippen molar-refractivity contribution in [3.63, 3.8) is 0 Å². The van der Waals surface area contributed by atoms with E-state index in [1.807, 2.05) is 17.8 Å². The predicted molar refractivity (Wildman–Crippen MR) is 103 cm³/mol. The molecular formula is C18H24ClN5O2. The molecule has 1 aromatic heterocycles. The van der Waals surface area contributed by atoms with Gasteiger partial charge in [0.05, 0.1) is 31.6 Å². The molecule has 2 aromatic rings. The summed E-state index contributed by atoms with van der Waals surface area (Å²) in [4.78, 5) is 14.7. The van der Waals surface area contributed by atoms with Gasteiger partial charge in [0.2, 0.25) is 5.91 Å². The van der Waals surface area contributed by atoms with Gasteiger partial charge in [0.15, 0.2) is 0 Å². The fourth-order valence-electron chi connectivity index (χ4n) is 2.76. The molecule has 1 aromatic carbocycles. The van der Waals surface area contributed by atoms with Gasteiger partial charge in [0.1, 0.15) is 6.04 Å². The summed E-state index contributed by atoms with van der Waals surface area (Å²) >= 11 is 5.94. The van der Waals surface area contributed by atoms with E-state index in [9.17, 15) is 4.79 Å². The third-order valence-corrected chi connectivity index (χ3v) is 4.49. The van der Waals surface area contributed by atoms with E-state index >= 15 is 0 Å². The van der Waals surface area contributed by atoms with E-state index in [1.54, 1.807) is 30.5 Å². The van der Waals surface area contributed by atoms with Crippen molar-refractivity contribution in [3.8, 4) is 0 Å². The van der Waals surface area contributed by atoms with E-state index in [1.165, 1.54) is 0 Å². The summed E-state index contributed by atoms with van der Waals surface area (Å²) in [5.41, 5.74) is 1.50. The molecule has 1 atom stereocenters. The number of anilines is 2. The van der Waals surface area contributed by atoms with Crippen molar-refractivity contribution in [2.24, 2.45) is 0 Å². The van der Waals surface area contributed by atoms with Crippen molar-refractivity contribution >= 4 is 28.9 Å². The average molecular weight is 378 g/mol. The molecule has 0 saturated carbocycles. The molecule has 0 bridgehead atoms. The molecule has 0 radical (unpaired) electrons. The molecule has 1 unspecified atom stereocenters. The van der Waals surface area contributed by atoms with Gasteiger partial charge in [0.25, 0.3) is 0 Å². The van der Waals surface area contributed by atoms with Gasteiger partial charge in [-0.15, -0.1) is 0 Å². The Labute approximate surface area is 158 Å². The quantitative estimate of drug-likeness (QED) is 0.774. The number of morpholine rings is 1. The van der Waals surface area contributed by atoms with Crippen LogP contribution in [-0.2, 0) is 16.1 Å². The van der Waals surface area contributed by atoms with Gasteiger partial charge in [-0.25, -0.2) is 0 Å². The second kappa shape index (κ2) is 9.02. The highest BCUT2D eigenvalue weighted by Crippen LogP contribution is 2.15. The molecule has 1 amide bonds. The molecule has 1 fully saturated rings. The molecule has 1 saturated heterocycles. The molecule has 2 heterocycles. The molecule has 140 valence electrons. The number of carbonyl (C=O) groups is 1. The summed E-state index contributed by atoms with van der Waals surface area (Å²) in [6, 6.07) is 6.69. The van der Waals surface area contributed by atoms with Crippen LogP contribution in [0.4, 0.5) is 11.4 Å². The van der Waals surface area contributed by atoms with Crippen LogP contribution in [0, 0.1) is 0 Å². The van der Waals surface area contributed by atoms with Crippen molar-refractivity contribution in [3.05, 3.63) is 41.7 Å². The number of hydrogen-bond acceptors (Lipinski definition) is 5. The summed E-state index contributed by atoms with van der Waals surface area (Å²) in [5.74, 6) is -0.131. The normalized spacial score (nSPS) is 16.2. The van der Waals surface area contributed by atoms with Crippen molar-refractivity contribution in [2.45, 2.75) is 19.5 Å². The van der Waals surface area contributed by atoms with E-state index < -0.39 is 6.04 Å². The maximum absolute atomic E-state index is 12.3. The number of nitrogens with zero attached hydrogens (tertiary/aromatic N) is 3. The third-order valence-electron chi connectivity index (χ3n) is 4.25. The zero-order valence-corrected chi connectivity index (χ0v) is 15.6. The standard InChI is InChI=1S/C18H24ClN5O2/c1-14(18(25)22-16-4-2-3-15(19)11-16)21-17-12-20-24(13-17)6-5-23-7-9-26-10-8-23/h2-4,11-14,21H,5-10H2,1H3,(H,22,25). The Bertz CT molecular complexity index is 730. The number of nitrogens with one attached hydrogen (secondary N) is 2. The highest BCUT2D eigenvalue weighted by molar-refractivity contribution is 6.30. The molecule has 8 heteroatoms. The average Bonchev–Trinajstić information content (AvgIpc) is 3.08. The number of benzene rings is 1. The highest BCUT2D eigenvalue weighted by Gasteiger charge is 2.14. The lowest BCUT2D eigenvalue weighted by atomic mass is 10.2.